The molecule has 0 fully saturated rings. The standard InChI is InChI=1S/C16H15N7O/c1-10-6-8-18-16-21-14(22-23(10)16)15(24)17-9-7-13-19-11-4-2-3-5-12(11)20-13/h2-6,8H,7,9H2,1H3,(H,17,24)(H,19,20). The number of aromatic amines is 1. The Balaban J connectivity index is 1.43. The monoisotopic (exact) mass is 321 g/mol. The van der Waals surface area contributed by atoms with Gasteiger partial charge in [-0.25, -0.2) is 14.5 Å². The molecule has 1 aromatic carbocycles. The predicted octanol–water partition coefficient (Wildman–Crippen LogP) is 1.28. The molecule has 0 saturated heterocycles. The predicted molar refractivity (Wildman–Crippen MR) is 87.6 cm³/mol. The van der Waals surface area contributed by atoms with Crippen molar-refractivity contribution in [1.82, 2.24) is 34.9 Å². The summed E-state index contributed by atoms with van der Waals surface area (Å²) in [6.45, 7) is 2.33. The fraction of sp³-hybridized carbons (Fsp3) is 0.188. The van der Waals surface area contributed by atoms with Crippen LogP contribution in [0.3, 0.4) is 0 Å². The van der Waals surface area contributed by atoms with E-state index in [1.165, 1.54) is 0 Å². The first-order valence-electron chi connectivity index (χ1n) is 7.61. The van der Waals surface area contributed by atoms with Crippen LogP contribution >= 0.6 is 0 Å². The Kier molecular flexibility index (Phi) is 3.42. The normalized spacial score (nSPS) is 11.2. The number of nitrogens with one attached hydrogen (secondary N) is 2. The number of carbonyl (C=O) groups is 1. The lowest BCUT2D eigenvalue weighted by molar-refractivity contribution is 0.0944. The third-order valence-electron chi connectivity index (χ3n) is 3.72. The van der Waals surface area contributed by atoms with Gasteiger partial charge in [0.05, 0.1) is 11.0 Å². The first kappa shape index (κ1) is 14.3. The second-order valence-electron chi connectivity index (χ2n) is 5.44. The number of H-pyrrole nitrogens is 1. The average Bonchev–Trinajstić information content (AvgIpc) is 3.18. The van der Waals surface area contributed by atoms with Crippen molar-refractivity contribution in [2.24, 2.45) is 0 Å². The first-order chi connectivity index (χ1) is 11.7. The van der Waals surface area contributed by atoms with Crippen LogP contribution in [-0.4, -0.2) is 42.0 Å². The molecule has 0 unspecified atom stereocenters. The highest BCUT2D eigenvalue weighted by Gasteiger charge is 2.14. The largest absolute Gasteiger partial charge is 0.349 e. The van der Waals surface area contributed by atoms with Gasteiger partial charge in [-0.1, -0.05) is 12.1 Å². The minimum Gasteiger partial charge on any atom is -0.349 e. The summed E-state index contributed by atoms with van der Waals surface area (Å²) in [5.41, 5.74) is 2.78. The van der Waals surface area contributed by atoms with E-state index >= 15 is 0 Å². The number of aromatic nitrogens is 6. The summed E-state index contributed by atoms with van der Waals surface area (Å²) in [6.07, 6.45) is 2.24. The number of amides is 1. The summed E-state index contributed by atoms with van der Waals surface area (Å²) in [5, 5.41) is 6.99. The third-order valence-corrected chi connectivity index (χ3v) is 3.72. The molecule has 120 valence electrons. The second kappa shape index (κ2) is 5.73. The molecule has 24 heavy (non-hydrogen) atoms. The highest BCUT2D eigenvalue weighted by Crippen LogP contribution is 2.10. The molecule has 2 N–H and O–H groups in total. The van der Waals surface area contributed by atoms with Crippen LogP contribution in [0.5, 0.6) is 0 Å². The molecule has 4 rings (SSSR count). The summed E-state index contributed by atoms with van der Waals surface area (Å²) in [6, 6.07) is 9.63. The summed E-state index contributed by atoms with van der Waals surface area (Å²) >= 11 is 0. The number of hydrogen-bond acceptors (Lipinski definition) is 5. The van der Waals surface area contributed by atoms with Crippen molar-refractivity contribution < 1.29 is 4.79 Å². The molecule has 0 atom stereocenters. The molecule has 0 bridgehead atoms. The Hall–Kier alpha value is -3.29. The molecule has 0 aliphatic heterocycles. The number of fused-ring (bicyclic) bond motifs is 2. The number of rotatable bonds is 4. The molecule has 3 aromatic heterocycles. The molecule has 0 spiro atoms. The van der Waals surface area contributed by atoms with Crippen molar-refractivity contribution >= 4 is 22.7 Å². The van der Waals surface area contributed by atoms with Crippen molar-refractivity contribution in [1.29, 1.82) is 0 Å². The Bertz CT molecular complexity index is 1000. The van der Waals surface area contributed by atoms with Crippen molar-refractivity contribution in [3.05, 3.63) is 53.9 Å². The number of nitrogens with zero attached hydrogens (tertiary/aromatic N) is 5. The van der Waals surface area contributed by atoms with E-state index in [-0.39, 0.29) is 11.7 Å². The van der Waals surface area contributed by atoms with E-state index in [2.05, 4.69) is 30.4 Å². The highest BCUT2D eigenvalue weighted by molar-refractivity contribution is 5.90. The van der Waals surface area contributed by atoms with Crippen molar-refractivity contribution in [2.75, 3.05) is 6.54 Å². The van der Waals surface area contributed by atoms with Gasteiger partial charge in [0, 0.05) is 24.9 Å². The van der Waals surface area contributed by atoms with E-state index in [1.54, 1.807) is 10.7 Å². The molecule has 0 saturated carbocycles. The lowest BCUT2D eigenvalue weighted by Crippen LogP contribution is -2.27. The number of para-hydroxylation sites is 2. The molecule has 8 heteroatoms. The summed E-state index contributed by atoms with van der Waals surface area (Å²) < 4.78 is 1.55. The zero-order valence-corrected chi connectivity index (χ0v) is 13.0. The van der Waals surface area contributed by atoms with Gasteiger partial charge < -0.3 is 10.3 Å². The number of hydrogen-bond donors (Lipinski definition) is 2. The number of aryl methyl sites for hydroxylation is 1. The van der Waals surface area contributed by atoms with Crippen LogP contribution in [0.25, 0.3) is 16.8 Å². The lowest BCUT2D eigenvalue weighted by atomic mass is 10.3. The Morgan fingerprint density at radius 2 is 2.12 bits per heavy atom. The molecular formula is C16H15N7O. The van der Waals surface area contributed by atoms with Crippen LogP contribution in [-0.2, 0) is 6.42 Å². The number of benzene rings is 1. The number of imidazole rings is 1. The van der Waals surface area contributed by atoms with E-state index in [1.807, 2.05) is 37.3 Å². The lowest BCUT2D eigenvalue weighted by Gasteiger charge is -2.00. The van der Waals surface area contributed by atoms with Gasteiger partial charge in [0.15, 0.2) is 0 Å². The zero-order chi connectivity index (χ0) is 16.5. The topological polar surface area (TPSA) is 101 Å². The summed E-state index contributed by atoms with van der Waals surface area (Å²) in [5.74, 6) is 1.03. The Labute approximate surface area is 137 Å². The Morgan fingerprint density at radius 3 is 2.96 bits per heavy atom. The maximum Gasteiger partial charge on any atom is 0.291 e. The molecule has 0 aliphatic rings. The minimum absolute atomic E-state index is 0.112. The van der Waals surface area contributed by atoms with Gasteiger partial charge in [-0.05, 0) is 25.1 Å². The van der Waals surface area contributed by atoms with E-state index in [4.69, 9.17) is 0 Å². The molecule has 0 aliphatic carbocycles. The van der Waals surface area contributed by atoms with Gasteiger partial charge >= 0.3 is 0 Å². The van der Waals surface area contributed by atoms with Crippen LogP contribution in [0.4, 0.5) is 0 Å². The van der Waals surface area contributed by atoms with Gasteiger partial charge in [-0.15, -0.1) is 5.10 Å². The molecule has 4 aromatic rings. The maximum absolute atomic E-state index is 12.2. The van der Waals surface area contributed by atoms with Gasteiger partial charge in [0.1, 0.15) is 5.82 Å². The van der Waals surface area contributed by atoms with E-state index in [0.29, 0.717) is 18.7 Å². The Morgan fingerprint density at radius 1 is 1.25 bits per heavy atom. The van der Waals surface area contributed by atoms with Crippen LogP contribution in [0.1, 0.15) is 22.1 Å². The fourth-order valence-electron chi connectivity index (χ4n) is 2.50. The summed E-state index contributed by atoms with van der Waals surface area (Å²) in [4.78, 5) is 28.1. The first-order valence-corrected chi connectivity index (χ1v) is 7.61. The minimum atomic E-state index is -0.323. The van der Waals surface area contributed by atoms with E-state index in [9.17, 15) is 4.79 Å². The molecular weight excluding hydrogens is 306 g/mol. The van der Waals surface area contributed by atoms with Crippen LogP contribution in [0.15, 0.2) is 36.5 Å². The van der Waals surface area contributed by atoms with Crippen LogP contribution < -0.4 is 5.32 Å². The quantitative estimate of drug-likeness (QED) is 0.590. The van der Waals surface area contributed by atoms with Crippen molar-refractivity contribution in [3.8, 4) is 0 Å². The highest BCUT2D eigenvalue weighted by atomic mass is 16.2. The van der Waals surface area contributed by atoms with Crippen LogP contribution in [0, 0.1) is 6.92 Å². The average molecular weight is 321 g/mol. The molecule has 8 nitrogen and oxygen atoms in total. The van der Waals surface area contributed by atoms with Gasteiger partial charge in [0.2, 0.25) is 5.82 Å². The molecule has 0 radical (unpaired) electrons. The fourth-order valence-corrected chi connectivity index (χ4v) is 2.50. The molecule has 1 amide bonds. The molecule has 3 heterocycles. The number of carbonyl (C=O) groups excluding carboxylic acids is 1. The summed E-state index contributed by atoms with van der Waals surface area (Å²) in [7, 11) is 0. The van der Waals surface area contributed by atoms with Crippen molar-refractivity contribution in [2.45, 2.75) is 13.3 Å². The smallest absolute Gasteiger partial charge is 0.291 e. The van der Waals surface area contributed by atoms with E-state index < -0.39 is 0 Å². The van der Waals surface area contributed by atoms with Gasteiger partial charge in [0.25, 0.3) is 11.7 Å². The van der Waals surface area contributed by atoms with Gasteiger partial charge in [-0.2, -0.15) is 4.98 Å². The van der Waals surface area contributed by atoms with E-state index in [0.717, 1.165) is 22.6 Å². The van der Waals surface area contributed by atoms with Crippen molar-refractivity contribution in [3.63, 3.8) is 0 Å². The third kappa shape index (κ3) is 2.58. The SMILES string of the molecule is Cc1ccnc2nc(C(=O)NCCc3nc4ccccc4[nH]3)nn12. The van der Waals surface area contributed by atoms with Crippen LogP contribution in [0.2, 0.25) is 0 Å². The maximum atomic E-state index is 12.2. The van der Waals surface area contributed by atoms with Gasteiger partial charge in [-0.3, -0.25) is 4.79 Å². The zero-order valence-electron chi connectivity index (χ0n) is 13.0. The second-order valence-corrected chi connectivity index (χ2v) is 5.44.